The van der Waals surface area contributed by atoms with Gasteiger partial charge in [0.15, 0.2) is 5.96 Å². The number of hydrogen-bond donors (Lipinski definition) is 3. The molecule has 0 spiro atoms. The van der Waals surface area contributed by atoms with Crippen molar-refractivity contribution in [2.24, 2.45) is 4.99 Å². The van der Waals surface area contributed by atoms with Gasteiger partial charge in [0.1, 0.15) is 5.82 Å². The number of nitrogens with zero attached hydrogens (tertiary/aromatic N) is 2. The van der Waals surface area contributed by atoms with Crippen LogP contribution in [0, 0.1) is 0 Å². The highest BCUT2D eigenvalue weighted by molar-refractivity contribution is 14.0. The lowest BCUT2D eigenvalue weighted by Crippen LogP contribution is -2.47. The predicted octanol–water partition coefficient (Wildman–Crippen LogP) is 3.47. The zero-order valence-corrected chi connectivity index (χ0v) is 16.8. The molecule has 1 aromatic carbocycles. The number of rotatable bonds is 5. The van der Waals surface area contributed by atoms with Crippen LogP contribution in [0.1, 0.15) is 39.9 Å². The first-order valence-electron chi connectivity index (χ1n) is 7.98. The number of aryl methyl sites for hydroxylation is 1. The lowest BCUT2D eigenvalue weighted by Gasteiger charge is -2.23. The average Bonchev–Trinajstić information content (AvgIpc) is 2.84. The summed E-state index contributed by atoms with van der Waals surface area (Å²) in [6, 6.07) is 8.12. The molecule has 0 fully saturated rings. The van der Waals surface area contributed by atoms with Crippen molar-refractivity contribution in [2.45, 2.75) is 46.1 Å². The molecule has 1 heterocycles. The summed E-state index contributed by atoms with van der Waals surface area (Å²) in [6.07, 6.45) is 1.88. The number of aromatic nitrogens is 2. The summed E-state index contributed by atoms with van der Waals surface area (Å²) in [6.45, 7) is 10.1. The predicted molar refractivity (Wildman–Crippen MR) is 109 cm³/mol. The van der Waals surface area contributed by atoms with Crippen LogP contribution in [0.3, 0.4) is 0 Å². The van der Waals surface area contributed by atoms with Crippen LogP contribution in [-0.4, -0.2) is 34.6 Å². The first-order valence-corrected chi connectivity index (χ1v) is 7.98. The lowest BCUT2D eigenvalue weighted by molar-refractivity contribution is 0.501. The fourth-order valence-corrected chi connectivity index (χ4v) is 2.22. The van der Waals surface area contributed by atoms with Gasteiger partial charge in [-0.2, -0.15) is 0 Å². The largest absolute Gasteiger partial charge is 0.357 e. The molecule has 5 nitrogen and oxygen atoms in total. The molecule has 0 bridgehead atoms. The van der Waals surface area contributed by atoms with Gasteiger partial charge in [-0.15, -0.1) is 24.0 Å². The van der Waals surface area contributed by atoms with E-state index in [1.54, 1.807) is 0 Å². The Bertz CT molecular complexity index is 594. The zero-order chi connectivity index (χ0) is 16.0. The number of aromatic amines is 1. The van der Waals surface area contributed by atoms with Gasteiger partial charge in [-0.05, 0) is 46.2 Å². The number of nitrogens with one attached hydrogen (secondary N) is 3. The number of imidazole rings is 1. The van der Waals surface area contributed by atoms with Crippen LogP contribution in [0.5, 0.6) is 0 Å². The molecule has 6 heteroatoms. The van der Waals surface area contributed by atoms with E-state index >= 15 is 0 Å². The zero-order valence-electron chi connectivity index (χ0n) is 14.4. The Morgan fingerprint density at radius 3 is 2.65 bits per heavy atom. The number of aliphatic imine (C=N–C) groups is 1. The van der Waals surface area contributed by atoms with Gasteiger partial charge in [-0.3, -0.25) is 4.99 Å². The summed E-state index contributed by atoms with van der Waals surface area (Å²) in [7, 11) is 0. The highest BCUT2D eigenvalue weighted by atomic mass is 127. The van der Waals surface area contributed by atoms with Gasteiger partial charge in [-0.25, -0.2) is 4.98 Å². The molecule has 0 radical (unpaired) electrons. The van der Waals surface area contributed by atoms with Crippen LogP contribution in [0.15, 0.2) is 29.3 Å². The molecular formula is C17H28IN5. The number of benzene rings is 1. The van der Waals surface area contributed by atoms with Gasteiger partial charge >= 0.3 is 0 Å². The highest BCUT2D eigenvalue weighted by Gasteiger charge is 2.11. The summed E-state index contributed by atoms with van der Waals surface area (Å²) in [5.41, 5.74) is 2.15. The Labute approximate surface area is 155 Å². The normalized spacial score (nSPS) is 12.1. The summed E-state index contributed by atoms with van der Waals surface area (Å²) in [4.78, 5) is 12.6. The molecule has 2 rings (SSSR count). The fourth-order valence-electron chi connectivity index (χ4n) is 2.22. The fraction of sp³-hybridized carbons (Fsp3) is 0.529. The third kappa shape index (κ3) is 6.76. The monoisotopic (exact) mass is 429 g/mol. The van der Waals surface area contributed by atoms with Gasteiger partial charge < -0.3 is 15.6 Å². The molecule has 2 aromatic rings. The van der Waals surface area contributed by atoms with E-state index in [0.717, 1.165) is 48.7 Å². The molecule has 0 aliphatic rings. The number of fused-ring (bicyclic) bond motifs is 1. The maximum Gasteiger partial charge on any atom is 0.191 e. The summed E-state index contributed by atoms with van der Waals surface area (Å²) in [5, 5.41) is 6.67. The maximum absolute atomic E-state index is 4.62. The van der Waals surface area contributed by atoms with Crippen molar-refractivity contribution in [3.05, 3.63) is 30.1 Å². The van der Waals surface area contributed by atoms with Crippen molar-refractivity contribution in [2.75, 3.05) is 13.1 Å². The molecule has 0 amide bonds. The Morgan fingerprint density at radius 2 is 2.00 bits per heavy atom. The van der Waals surface area contributed by atoms with Crippen molar-refractivity contribution < 1.29 is 0 Å². The minimum atomic E-state index is 0. The van der Waals surface area contributed by atoms with E-state index in [4.69, 9.17) is 0 Å². The molecule has 128 valence electrons. The molecule has 0 unspecified atom stereocenters. The number of hydrogen-bond acceptors (Lipinski definition) is 2. The van der Waals surface area contributed by atoms with E-state index < -0.39 is 0 Å². The van der Waals surface area contributed by atoms with Crippen LogP contribution < -0.4 is 10.6 Å². The van der Waals surface area contributed by atoms with Gasteiger partial charge in [0.25, 0.3) is 0 Å². The topological polar surface area (TPSA) is 65.1 Å². The number of para-hydroxylation sites is 2. The third-order valence-electron chi connectivity index (χ3n) is 3.12. The second-order valence-corrected chi connectivity index (χ2v) is 6.44. The summed E-state index contributed by atoms with van der Waals surface area (Å²) in [5.74, 6) is 1.91. The van der Waals surface area contributed by atoms with Gasteiger partial charge in [0, 0.05) is 25.0 Å². The molecule has 23 heavy (non-hydrogen) atoms. The van der Waals surface area contributed by atoms with Crippen molar-refractivity contribution in [1.82, 2.24) is 20.6 Å². The Morgan fingerprint density at radius 1 is 1.26 bits per heavy atom. The first-order chi connectivity index (χ1) is 10.5. The second-order valence-electron chi connectivity index (χ2n) is 6.44. The van der Waals surface area contributed by atoms with E-state index in [-0.39, 0.29) is 29.5 Å². The maximum atomic E-state index is 4.62. The minimum Gasteiger partial charge on any atom is -0.357 e. The standard InChI is InChI=1S/C17H27N5.HI/c1-5-18-16(22-17(2,3)4)19-12-8-11-15-20-13-9-6-7-10-14(13)21-15;/h6-7,9-10H,5,8,11-12H2,1-4H3,(H,20,21)(H2,18,19,22);1H. The Kier molecular flexibility index (Phi) is 7.81. The van der Waals surface area contributed by atoms with Crippen molar-refractivity contribution in [3.8, 4) is 0 Å². The highest BCUT2D eigenvalue weighted by Crippen LogP contribution is 2.11. The van der Waals surface area contributed by atoms with E-state index in [0.29, 0.717) is 0 Å². The lowest BCUT2D eigenvalue weighted by atomic mass is 10.1. The quantitative estimate of drug-likeness (QED) is 0.295. The summed E-state index contributed by atoms with van der Waals surface area (Å²) < 4.78 is 0. The molecule has 0 saturated carbocycles. The SMILES string of the molecule is CCNC(=NCCCc1nc2ccccc2[nH]1)NC(C)(C)C.I. The van der Waals surface area contributed by atoms with Crippen molar-refractivity contribution in [3.63, 3.8) is 0 Å². The first kappa shape index (κ1) is 19.7. The second kappa shape index (κ2) is 9.10. The van der Waals surface area contributed by atoms with Gasteiger partial charge in [0.2, 0.25) is 0 Å². The number of halogens is 1. The van der Waals surface area contributed by atoms with E-state index in [9.17, 15) is 0 Å². The molecule has 0 saturated heterocycles. The number of guanidine groups is 1. The van der Waals surface area contributed by atoms with Crippen LogP contribution in [0.25, 0.3) is 11.0 Å². The Balaban J connectivity index is 0.00000264. The van der Waals surface area contributed by atoms with Gasteiger partial charge in [-0.1, -0.05) is 12.1 Å². The van der Waals surface area contributed by atoms with Crippen molar-refractivity contribution >= 4 is 41.0 Å². The third-order valence-corrected chi connectivity index (χ3v) is 3.12. The molecule has 0 aliphatic carbocycles. The van der Waals surface area contributed by atoms with E-state index in [1.165, 1.54) is 0 Å². The van der Waals surface area contributed by atoms with Crippen molar-refractivity contribution in [1.29, 1.82) is 0 Å². The van der Waals surface area contributed by atoms with Gasteiger partial charge in [0.05, 0.1) is 11.0 Å². The molecular weight excluding hydrogens is 401 g/mol. The molecule has 3 N–H and O–H groups in total. The van der Waals surface area contributed by atoms with Crippen LogP contribution >= 0.6 is 24.0 Å². The smallest absolute Gasteiger partial charge is 0.191 e. The minimum absolute atomic E-state index is 0. The molecule has 0 aliphatic heterocycles. The van der Waals surface area contributed by atoms with Crippen LogP contribution in [0.4, 0.5) is 0 Å². The van der Waals surface area contributed by atoms with Crippen LogP contribution in [0.2, 0.25) is 0 Å². The van der Waals surface area contributed by atoms with Crippen LogP contribution in [-0.2, 0) is 6.42 Å². The van der Waals surface area contributed by atoms with E-state index in [1.807, 2.05) is 18.2 Å². The Hall–Kier alpha value is -1.31. The molecule has 1 aromatic heterocycles. The average molecular weight is 429 g/mol. The molecule has 0 atom stereocenters. The van der Waals surface area contributed by atoms with E-state index in [2.05, 4.69) is 59.4 Å². The summed E-state index contributed by atoms with van der Waals surface area (Å²) >= 11 is 0. The number of H-pyrrole nitrogens is 1.